The van der Waals surface area contributed by atoms with E-state index in [0.717, 1.165) is 12.8 Å². The fourth-order valence-corrected chi connectivity index (χ4v) is 1.12. The fraction of sp³-hybridized carbons (Fsp3) is 0.700. The molecule has 0 aliphatic rings. The molecule has 3 heteroatoms. The molecule has 0 fully saturated rings. The number of nitrogens with zero attached hydrogens (tertiary/aromatic N) is 1. The summed E-state index contributed by atoms with van der Waals surface area (Å²) in [7, 11) is 0. The van der Waals surface area contributed by atoms with Crippen molar-refractivity contribution in [2.75, 3.05) is 13.1 Å². The monoisotopic (exact) mass is 182 g/mol. The first-order valence-electron chi connectivity index (χ1n) is 4.65. The van der Waals surface area contributed by atoms with E-state index in [1.54, 1.807) is 4.90 Å². The Kier molecular flexibility index (Phi) is 5.99. The van der Waals surface area contributed by atoms with Gasteiger partial charge in [-0.25, -0.2) is 0 Å². The highest BCUT2D eigenvalue weighted by Crippen LogP contribution is 1.99. The molecule has 0 aromatic heterocycles. The molecule has 13 heavy (non-hydrogen) atoms. The van der Waals surface area contributed by atoms with Crippen LogP contribution in [0.2, 0.25) is 0 Å². The van der Waals surface area contributed by atoms with Gasteiger partial charge in [-0.1, -0.05) is 19.3 Å². The Bertz CT molecular complexity index is 196. The van der Waals surface area contributed by atoms with Gasteiger partial charge in [-0.15, -0.1) is 6.42 Å². The highest BCUT2D eigenvalue weighted by molar-refractivity contribution is 5.81. The van der Waals surface area contributed by atoms with Gasteiger partial charge in [-0.3, -0.25) is 4.79 Å². The minimum Gasteiger partial charge on any atom is -0.330 e. The maximum Gasteiger partial charge on any atom is 0.240 e. The van der Waals surface area contributed by atoms with E-state index in [1.807, 2.05) is 13.8 Å². The van der Waals surface area contributed by atoms with Crippen molar-refractivity contribution in [3.05, 3.63) is 0 Å². The molecular weight excluding hydrogens is 164 g/mol. The van der Waals surface area contributed by atoms with Crippen molar-refractivity contribution in [3.8, 4) is 12.3 Å². The minimum absolute atomic E-state index is 0.0395. The third-order valence-corrected chi connectivity index (χ3v) is 1.89. The summed E-state index contributed by atoms with van der Waals surface area (Å²) in [4.78, 5) is 13.2. The van der Waals surface area contributed by atoms with Crippen LogP contribution in [-0.4, -0.2) is 29.9 Å². The van der Waals surface area contributed by atoms with Crippen LogP contribution in [-0.2, 0) is 4.79 Å². The summed E-state index contributed by atoms with van der Waals surface area (Å²) in [5, 5.41) is 0. The van der Waals surface area contributed by atoms with E-state index in [2.05, 4.69) is 5.92 Å². The van der Waals surface area contributed by atoms with Gasteiger partial charge in [-0.05, 0) is 13.3 Å². The number of hydrogen-bond acceptors (Lipinski definition) is 2. The van der Waals surface area contributed by atoms with Gasteiger partial charge in [-0.2, -0.15) is 0 Å². The molecule has 74 valence electrons. The highest BCUT2D eigenvalue weighted by atomic mass is 16.2. The van der Waals surface area contributed by atoms with E-state index in [0.29, 0.717) is 13.1 Å². The molecule has 0 aliphatic heterocycles. The van der Waals surface area contributed by atoms with Crippen molar-refractivity contribution in [3.63, 3.8) is 0 Å². The SMILES string of the molecule is C#CCN(CC)C(=O)C(N)CCC. The number of likely N-dealkylation sites (N-methyl/N-ethyl adjacent to an activating group) is 1. The quantitative estimate of drug-likeness (QED) is 0.633. The molecule has 2 N–H and O–H groups in total. The average Bonchev–Trinajstić information content (AvgIpc) is 2.13. The minimum atomic E-state index is -0.390. The third kappa shape index (κ3) is 3.95. The summed E-state index contributed by atoms with van der Waals surface area (Å²) in [6.45, 7) is 4.88. The summed E-state index contributed by atoms with van der Waals surface area (Å²) < 4.78 is 0. The second-order valence-corrected chi connectivity index (χ2v) is 2.95. The molecule has 0 saturated heterocycles. The molecule has 0 heterocycles. The Morgan fingerprint density at radius 2 is 2.23 bits per heavy atom. The lowest BCUT2D eigenvalue weighted by Gasteiger charge is -2.21. The van der Waals surface area contributed by atoms with Gasteiger partial charge < -0.3 is 10.6 Å². The maximum absolute atomic E-state index is 11.6. The lowest BCUT2D eigenvalue weighted by molar-refractivity contribution is -0.131. The van der Waals surface area contributed by atoms with Crippen LogP contribution in [0.25, 0.3) is 0 Å². The summed E-state index contributed by atoms with van der Waals surface area (Å²) in [6.07, 6.45) is 6.77. The van der Waals surface area contributed by atoms with Crippen molar-refractivity contribution in [1.29, 1.82) is 0 Å². The van der Waals surface area contributed by atoms with Crippen LogP contribution in [0.5, 0.6) is 0 Å². The summed E-state index contributed by atoms with van der Waals surface area (Å²) in [6, 6.07) is -0.390. The number of rotatable bonds is 5. The smallest absolute Gasteiger partial charge is 0.240 e. The molecule has 0 aliphatic carbocycles. The molecule has 0 saturated carbocycles. The van der Waals surface area contributed by atoms with Crippen LogP contribution in [0.4, 0.5) is 0 Å². The standard InChI is InChI=1S/C10H18N2O/c1-4-7-9(11)10(13)12(6-3)8-5-2/h2,9H,4,6-8,11H2,1,3H3. The van der Waals surface area contributed by atoms with E-state index in [1.165, 1.54) is 0 Å². The predicted octanol–water partition coefficient (Wildman–Crippen LogP) is 0.595. The Labute approximate surface area is 80.3 Å². The second-order valence-electron chi connectivity index (χ2n) is 2.95. The number of carbonyl (C=O) groups is 1. The van der Waals surface area contributed by atoms with Gasteiger partial charge in [0.2, 0.25) is 5.91 Å². The molecule has 0 rings (SSSR count). The van der Waals surface area contributed by atoms with Gasteiger partial charge in [0.15, 0.2) is 0 Å². The largest absolute Gasteiger partial charge is 0.330 e. The fourth-order valence-electron chi connectivity index (χ4n) is 1.12. The highest BCUT2D eigenvalue weighted by Gasteiger charge is 2.17. The van der Waals surface area contributed by atoms with Crippen molar-refractivity contribution in [1.82, 2.24) is 4.90 Å². The summed E-state index contributed by atoms with van der Waals surface area (Å²) in [5.41, 5.74) is 5.67. The van der Waals surface area contributed by atoms with Crippen LogP contribution in [0.3, 0.4) is 0 Å². The van der Waals surface area contributed by atoms with E-state index in [9.17, 15) is 4.79 Å². The van der Waals surface area contributed by atoms with Gasteiger partial charge in [0.05, 0.1) is 12.6 Å². The van der Waals surface area contributed by atoms with Crippen LogP contribution in [0, 0.1) is 12.3 Å². The molecule has 0 aromatic carbocycles. The molecule has 1 atom stereocenters. The van der Waals surface area contributed by atoms with Gasteiger partial charge in [0.1, 0.15) is 0 Å². The van der Waals surface area contributed by atoms with E-state index in [4.69, 9.17) is 12.2 Å². The Hall–Kier alpha value is -1.01. The van der Waals surface area contributed by atoms with Crippen LogP contribution in [0.15, 0.2) is 0 Å². The van der Waals surface area contributed by atoms with Gasteiger partial charge >= 0.3 is 0 Å². The lowest BCUT2D eigenvalue weighted by Crippen LogP contribution is -2.43. The third-order valence-electron chi connectivity index (χ3n) is 1.89. The molecule has 0 aromatic rings. The summed E-state index contributed by atoms with van der Waals surface area (Å²) in [5.74, 6) is 2.41. The average molecular weight is 182 g/mol. The van der Waals surface area contributed by atoms with Crippen molar-refractivity contribution < 1.29 is 4.79 Å². The molecule has 1 unspecified atom stereocenters. The zero-order chi connectivity index (χ0) is 10.3. The van der Waals surface area contributed by atoms with Crippen molar-refractivity contribution in [2.45, 2.75) is 32.7 Å². The second kappa shape index (κ2) is 6.50. The molecular formula is C10H18N2O. The number of hydrogen-bond donors (Lipinski definition) is 1. The van der Waals surface area contributed by atoms with Crippen molar-refractivity contribution >= 4 is 5.91 Å². The van der Waals surface area contributed by atoms with E-state index >= 15 is 0 Å². The number of amides is 1. The van der Waals surface area contributed by atoms with Crippen LogP contribution < -0.4 is 5.73 Å². The van der Waals surface area contributed by atoms with E-state index in [-0.39, 0.29) is 5.91 Å². The Morgan fingerprint density at radius 1 is 1.62 bits per heavy atom. The summed E-state index contributed by atoms with van der Waals surface area (Å²) >= 11 is 0. The number of terminal acetylenes is 1. The predicted molar refractivity (Wildman–Crippen MR) is 54.0 cm³/mol. The first-order valence-corrected chi connectivity index (χ1v) is 4.65. The number of carbonyl (C=O) groups excluding carboxylic acids is 1. The van der Waals surface area contributed by atoms with Gasteiger partial charge in [0.25, 0.3) is 0 Å². The molecule has 0 bridgehead atoms. The first-order chi connectivity index (χ1) is 6.17. The van der Waals surface area contributed by atoms with Gasteiger partial charge in [0, 0.05) is 6.54 Å². The molecule has 0 spiro atoms. The topological polar surface area (TPSA) is 46.3 Å². The normalized spacial score (nSPS) is 11.8. The molecule has 3 nitrogen and oxygen atoms in total. The maximum atomic E-state index is 11.6. The molecule has 0 radical (unpaired) electrons. The first kappa shape index (κ1) is 12.0. The zero-order valence-corrected chi connectivity index (χ0v) is 8.42. The van der Waals surface area contributed by atoms with Crippen LogP contribution >= 0.6 is 0 Å². The zero-order valence-electron chi connectivity index (χ0n) is 8.42. The number of nitrogens with two attached hydrogens (primary N) is 1. The van der Waals surface area contributed by atoms with E-state index < -0.39 is 6.04 Å². The van der Waals surface area contributed by atoms with Crippen molar-refractivity contribution in [2.24, 2.45) is 5.73 Å². The van der Waals surface area contributed by atoms with Crippen LogP contribution in [0.1, 0.15) is 26.7 Å². The lowest BCUT2D eigenvalue weighted by atomic mass is 10.1. The Balaban J connectivity index is 4.12. The Morgan fingerprint density at radius 3 is 2.62 bits per heavy atom. The molecule has 1 amide bonds.